The van der Waals surface area contributed by atoms with Gasteiger partial charge in [0, 0.05) is 19.1 Å². The molecule has 0 saturated heterocycles. The predicted molar refractivity (Wildman–Crippen MR) is 115 cm³/mol. The van der Waals surface area contributed by atoms with Crippen LogP contribution in [0.1, 0.15) is 48.8 Å². The van der Waals surface area contributed by atoms with Gasteiger partial charge in [-0.25, -0.2) is 4.98 Å². The van der Waals surface area contributed by atoms with E-state index < -0.39 is 0 Å². The van der Waals surface area contributed by atoms with E-state index in [1.807, 2.05) is 12.1 Å². The zero-order chi connectivity index (χ0) is 20.2. The van der Waals surface area contributed by atoms with E-state index >= 15 is 0 Å². The molecule has 0 amide bonds. The Hall–Kier alpha value is -2.65. The molecule has 2 aliphatic rings. The lowest BCUT2D eigenvalue weighted by Gasteiger charge is -2.44. The lowest BCUT2D eigenvalue weighted by molar-refractivity contribution is 0.112. The molecule has 1 aromatic heterocycles. The summed E-state index contributed by atoms with van der Waals surface area (Å²) in [4.78, 5) is 8.88. The van der Waals surface area contributed by atoms with Gasteiger partial charge in [0.05, 0.1) is 6.20 Å². The maximum Gasteiger partial charge on any atom is 0.224 e. The van der Waals surface area contributed by atoms with Gasteiger partial charge in [-0.2, -0.15) is 10.2 Å². The molecule has 2 aromatic rings. The van der Waals surface area contributed by atoms with E-state index in [0.717, 1.165) is 6.54 Å². The summed E-state index contributed by atoms with van der Waals surface area (Å²) >= 11 is 0. The highest BCUT2D eigenvalue weighted by Crippen LogP contribution is 2.41. The lowest BCUT2D eigenvalue weighted by atomic mass is 9.65. The maximum absolute atomic E-state index is 9.45. The number of nitrogens with one attached hydrogen (secondary N) is 2. The van der Waals surface area contributed by atoms with Crippen molar-refractivity contribution in [2.45, 2.75) is 51.6 Å². The molecule has 0 spiro atoms. The summed E-state index contributed by atoms with van der Waals surface area (Å²) in [5.74, 6) is 3.06. The van der Waals surface area contributed by atoms with E-state index in [-0.39, 0.29) is 0 Å². The van der Waals surface area contributed by atoms with Crippen molar-refractivity contribution < 1.29 is 0 Å². The first-order chi connectivity index (χ1) is 14.1. The van der Waals surface area contributed by atoms with E-state index in [4.69, 9.17) is 5.73 Å². The number of benzene rings is 1. The number of rotatable bonds is 6. The van der Waals surface area contributed by atoms with Crippen molar-refractivity contribution in [2.75, 3.05) is 17.2 Å². The Labute approximate surface area is 172 Å². The second kappa shape index (κ2) is 8.79. The summed E-state index contributed by atoms with van der Waals surface area (Å²) in [6, 6.07) is 10.8. The Kier molecular flexibility index (Phi) is 5.96. The third-order valence-corrected chi connectivity index (χ3v) is 6.68. The number of nitrogens with two attached hydrogens (primary N) is 1. The minimum atomic E-state index is 0.381. The molecular formula is C23H30N6. The molecule has 2 saturated carbocycles. The van der Waals surface area contributed by atoms with Gasteiger partial charge in [-0.15, -0.1) is 0 Å². The number of nitrogens with zero attached hydrogens (tertiary/aromatic N) is 3. The van der Waals surface area contributed by atoms with Crippen LogP contribution < -0.4 is 16.4 Å². The van der Waals surface area contributed by atoms with E-state index in [2.05, 4.69) is 45.7 Å². The summed E-state index contributed by atoms with van der Waals surface area (Å²) in [6.45, 7) is 3.58. The lowest BCUT2D eigenvalue weighted by Crippen LogP contribution is -2.47. The smallest absolute Gasteiger partial charge is 0.224 e. The third-order valence-electron chi connectivity index (χ3n) is 6.68. The first kappa shape index (κ1) is 19.7. The molecule has 1 aromatic carbocycles. The van der Waals surface area contributed by atoms with Crippen molar-refractivity contribution >= 4 is 11.8 Å². The molecule has 4 N–H and O–H groups in total. The number of aryl methyl sites for hydroxylation is 1. The average molecular weight is 391 g/mol. The van der Waals surface area contributed by atoms with Gasteiger partial charge in [-0.3, -0.25) is 0 Å². The molecule has 4 atom stereocenters. The molecule has 1 unspecified atom stereocenters. The summed E-state index contributed by atoms with van der Waals surface area (Å²) in [6.07, 6.45) is 7.80. The highest BCUT2D eigenvalue weighted by molar-refractivity contribution is 5.53. The molecular weight excluding hydrogens is 360 g/mol. The fourth-order valence-corrected chi connectivity index (χ4v) is 4.99. The van der Waals surface area contributed by atoms with Crippen LogP contribution in [-0.2, 0) is 6.54 Å². The molecule has 29 heavy (non-hydrogen) atoms. The number of fused-ring (bicyclic) bond motifs is 2. The van der Waals surface area contributed by atoms with Crippen LogP contribution in [-0.4, -0.2) is 22.6 Å². The van der Waals surface area contributed by atoms with Gasteiger partial charge in [0.25, 0.3) is 0 Å². The predicted octanol–water partition coefficient (Wildman–Crippen LogP) is 3.83. The highest BCUT2D eigenvalue weighted by atomic mass is 15.1. The molecule has 0 aliphatic heterocycles. The molecule has 6 nitrogen and oxygen atoms in total. The van der Waals surface area contributed by atoms with Crippen LogP contribution in [0.4, 0.5) is 11.8 Å². The van der Waals surface area contributed by atoms with Gasteiger partial charge >= 0.3 is 0 Å². The fourth-order valence-electron chi connectivity index (χ4n) is 4.99. The van der Waals surface area contributed by atoms with E-state index in [1.54, 1.807) is 6.20 Å². The SMILES string of the molecule is Cc1ccccc1CNc1ncc(C#N)c(NCC2C[C@H]3CCC[C@@H](C2)[C@@H]3N)n1. The zero-order valence-corrected chi connectivity index (χ0v) is 17.1. The Balaban J connectivity index is 1.40. The number of hydrogen-bond acceptors (Lipinski definition) is 6. The largest absolute Gasteiger partial charge is 0.369 e. The Morgan fingerprint density at radius 1 is 1.17 bits per heavy atom. The highest BCUT2D eigenvalue weighted by Gasteiger charge is 2.37. The van der Waals surface area contributed by atoms with E-state index in [0.29, 0.717) is 47.7 Å². The molecule has 0 radical (unpaired) electrons. The fraction of sp³-hybridized carbons (Fsp3) is 0.522. The summed E-state index contributed by atoms with van der Waals surface area (Å²) in [5.41, 5.74) is 9.34. The topological polar surface area (TPSA) is 99.7 Å². The quantitative estimate of drug-likeness (QED) is 0.693. The van der Waals surface area contributed by atoms with Gasteiger partial charge in [0.15, 0.2) is 0 Å². The number of aromatic nitrogens is 2. The van der Waals surface area contributed by atoms with Gasteiger partial charge in [-0.1, -0.05) is 30.7 Å². The number of anilines is 2. The molecule has 2 fully saturated rings. The molecule has 152 valence electrons. The molecule has 6 heteroatoms. The van der Waals surface area contributed by atoms with Gasteiger partial charge in [0.1, 0.15) is 17.5 Å². The second-order valence-electron chi connectivity index (χ2n) is 8.59. The van der Waals surface area contributed by atoms with Gasteiger partial charge in [-0.05, 0) is 61.5 Å². The first-order valence-corrected chi connectivity index (χ1v) is 10.7. The number of hydrogen-bond donors (Lipinski definition) is 3. The zero-order valence-electron chi connectivity index (χ0n) is 17.1. The minimum absolute atomic E-state index is 0.381. The van der Waals surface area contributed by atoms with Crippen LogP contribution in [0.5, 0.6) is 0 Å². The Bertz CT molecular complexity index is 875. The van der Waals surface area contributed by atoms with E-state index in [1.165, 1.54) is 43.2 Å². The van der Waals surface area contributed by atoms with Gasteiger partial charge < -0.3 is 16.4 Å². The molecule has 2 bridgehead atoms. The normalized spacial score (nSPS) is 25.8. The van der Waals surface area contributed by atoms with Crippen molar-refractivity contribution in [3.63, 3.8) is 0 Å². The number of nitriles is 1. The van der Waals surface area contributed by atoms with Crippen LogP contribution >= 0.6 is 0 Å². The van der Waals surface area contributed by atoms with Crippen LogP contribution in [0.3, 0.4) is 0 Å². The van der Waals surface area contributed by atoms with Crippen molar-refractivity contribution in [2.24, 2.45) is 23.5 Å². The van der Waals surface area contributed by atoms with Crippen LogP contribution in [0.2, 0.25) is 0 Å². The summed E-state index contributed by atoms with van der Waals surface area (Å²) in [5, 5.41) is 16.2. The van der Waals surface area contributed by atoms with Crippen molar-refractivity contribution in [3.8, 4) is 6.07 Å². The average Bonchev–Trinajstić information content (AvgIpc) is 2.72. The van der Waals surface area contributed by atoms with Crippen LogP contribution in [0.15, 0.2) is 30.5 Å². The first-order valence-electron chi connectivity index (χ1n) is 10.7. The molecule has 2 aliphatic carbocycles. The Morgan fingerprint density at radius 3 is 2.66 bits per heavy atom. The van der Waals surface area contributed by atoms with Crippen molar-refractivity contribution in [1.82, 2.24) is 9.97 Å². The van der Waals surface area contributed by atoms with E-state index in [9.17, 15) is 5.26 Å². The third kappa shape index (κ3) is 4.51. The monoisotopic (exact) mass is 390 g/mol. The second-order valence-corrected chi connectivity index (χ2v) is 8.59. The minimum Gasteiger partial charge on any atom is -0.369 e. The molecule has 1 heterocycles. The summed E-state index contributed by atoms with van der Waals surface area (Å²) < 4.78 is 0. The van der Waals surface area contributed by atoms with Crippen molar-refractivity contribution in [3.05, 3.63) is 47.2 Å². The summed E-state index contributed by atoms with van der Waals surface area (Å²) in [7, 11) is 0. The maximum atomic E-state index is 9.45. The van der Waals surface area contributed by atoms with Crippen molar-refractivity contribution in [1.29, 1.82) is 5.26 Å². The van der Waals surface area contributed by atoms with Gasteiger partial charge in [0.2, 0.25) is 5.95 Å². The Morgan fingerprint density at radius 2 is 1.93 bits per heavy atom. The van der Waals surface area contributed by atoms with Crippen LogP contribution in [0.25, 0.3) is 0 Å². The molecule has 4 rings (SSSR count). The van der Waals surface area contributed by atoms with Crippen LogP contribution in [0, 0.1) is 36.0 Å². The standard InChI is InChI=1S/C23H30N6/c1-15-5-2-3-6-19(15)13-27-23-28-14-20(11-24)22(29-23)26-12-16-9-17-7-4-8-18(10-16)21(17)25/h2-3,5-6,14,16-18,21H,4,7-10,12-13,25H2,1H3,(H2,26,27,28,29)/t16?,17-,18+,21-.